The summed E-state index contributed by atoms with van der Waals surface area (Å²) in [4.78, 5) is 38.9. The van der Waals surface area contributed by atoms with Gasteiger partial charge in [-0.05, 0) is 31.5 Å². The van der Waals surface area contributed by atoms with Crippen molar-refractivity contribution in [1.29, 1.82) is 0 Å². The van der Waals surface area contributed by atoms with Gasteiger partial charge in [-0.25, -0.2) is 4.98 Å². The average molecular weight is 264 g/mol. The van der Waals surface area contributed by atoms with Crippen LogP contribution in [0.25, 0.3) is 0 Å². The van der Waals surface area contributed by atoms with Gasteiger partial charge in [0.1, 0.15) is 5.82 Å². The van der Waals surface area contributed by atoms with Crippen LogP contribution in [0.1, 0.15) is 12.0 Å². The largest absolute Gasteiger partial charge is 0.330 e. The highest BCUT2D eigenvalue weighted by molar-refractivity contribution is 6.40. The van der Waals surface area contributed by atoms with Crippen LogP contribution >= 0.6 is 0 Å². The Morgan fingerprint density at radius 2 is 2.26 bits per heavy atom. The smallest absolute Gasteiger partial charge is 0.318 e. The van der Waals surface area contributed by atoms with Crippen molar-refractivity contribution in [3.8, 4) is 0 Å². The molecule has 0 unspecified atom stereocenters. The molecule has 7 nitrogen and oxygen atoms in total. The number of carbonyl (C=O) groups excluding carboxylic acids is 3. The fraction of sp³-hybridized carbons (Fsp3) is 0.333. The van der Waals surface area contributed by atoms with Gasteiger partial charge in [-0.1, -0.05) is 6.07 Å². The number of nitrogens with one attached hydrogen (secondary N) is 1. The Balaban J connectivity index is 2.69. The lowest BCUT2D eigenvalue weighted by molar-refractivity contribution is -0.146. The van der Waals surface area contributed by atoms with E-state index in [2.05, 4.69) is 10.3 Å². The zero-order valence-electron chi connectivity index (χ0n) is 10.6. The summed E-state index contributed by atoms with van der Waals surface area (Å²) >= 11 is 0. The second kappa shape index (κ2) is 7.22. The molecule has 102 valence electrons. The molecule has 0 aromatic carbocycles. The number of hydrogen-bond acceptors (Lipinski definition) is 5. The van der Waals surface area contributed by atoms with Crippen molar-refractivity contribution >= 4 is 24.0 Å². The molecule has 0 aliphatic heterocycles. The van der Waals surface area contributed by atoms with Crippen molar-refractivity contribution in [3.05, 3.63) is 23.9 Å². The van der Waals surface area contributed by atoms with Gasteiger partial charge in [-0.3, -0.25) is 19.3 Å². The molecule has 0 spiro atoms. The van der Waals surface area contributed by atoms with Crippen LogP contribution < -0.4 is 11.1 Å². The zero-order chi connectivity index (χ0) is 14.3. The number of imide groups is 1. The summed E-state index contributed by atoms with van der Waals surface area (Å²) in [5.41, 5.74) is 6.01. The summed E-state index contributed by atoms with van der Waals surface area (Å²) in [5.74, 6) is -1.52. The highest BCUT2D eigenvalue weighted by atomic mass is 16.2. The number of amides is 3. The molecule has 0 aliphatic rings. The van der Waals surface area contributed by atoms with E-state index in [1.807, 2.05) is 0 Å². The van der Waals surface area contributed by atoms with Gasteiger partial charge in [0.25, 0.3) is 0 Å². The first-order valence-corrected chi connectivity index (χ1v) is 5.79. The number of nitrogens with two attached hydrogens (primary N) is 1. The number of rotatable bonds is 5. The van der Waals surface area contributed by atoms with E-state index in [-0.39, 0.29) is 6.54 Å². The molecule has 0 radical (unpaired) electrons. The minimum Gasteiger partial charge on any atom is -0.330 e. The molecule has 1 rings (SSSR count). The maximum Gasteiger partial charge on any atom is 0.318 e. The molecule has 7 heteroatoms. The van der Waals surface area contributed by atoms with Gasteiger partial charge >= 0.3 is 11.8 Å². The molecule has 3 N–H and O–H groups in total. The Morgan fingerprint density at radius 3 is 2.84 bits per heavy atom. The summed E-state index contributed by atoms with van der Waals surface area (Å²) in [6, 6.07) is 3.46. The second-order valence-electron chi connectivity index (χ2n) is 3.87. The van der Waals surface area contributed by atoms with E-state index in [0.717, 1.165) is 10.5 Å². The predicted molar refractivity (Wildman–Crippen MR) is 69.1 cm³/mol. The molecule has 1 aromatic rings. The van der Waals surface area contributed by atoms with Gasteiger partial charge in [-0.2, -0.15) is 0 Å². The van der Waals surface area contributed by atoms with Crippen LogP contribution in [0.5, 0.6) is 0 Å². The molecular formula is C12H16N4O3. The van der Waals surface area contributed by atoms with Crippen molar-refractivity contribution in [1.82, 2.24) is 9.88 Å². The summed E-state index contributed by atoms with van der Waals surface area (Å²) < 4.78 is 0. The SMILES string of the molecule is Cc1cccnc1NC(=O)C(=O)N(C=O)CCCN. The molecule has 0 saturated carbocycles. The van der Waals surface area contributed by atoms with Gasteiger partial charge in [0.05, 0.1) is 0 Å². The third kappa shape index (κ3) is 4.14. The van der Waals surface area contributed by atoms with Crippen molar-refractivity contribution in [2.45, 2.75) is 13.3 Å². The number of aryl methyl sites for hydroxylation is 1. The van der Waals surface area contributed by atoms with Gasteiger partial charge < -0.3 is 11.1 Å². The van der Waals surface area contributed by atoms with Gasteiger partial charge in [0.2, 0.25) is 6.41 Å². The average Bonchev–Trinajstić information content (AvgIpc) is 2.42. The third-order valence-electron chi connectivity index (χ3n) is 2.43. The first-order valence-electron chi connectivity index (χ1n) is 5.79. The molecule has 0 atom stereocenters. The van der Waals surface area contributed by atoms with Crippen LogP contribution in [0.3, 0.4) is 0 Å². The lowest BCUT2D eigenvalue weighted by atomic mass is 10.3. The number of anilines is 1. The third-order valence-corrected chi connectivity index (χ3v) is 2.43. The monoisotopic (exact) mass is 264 g/mol. The van der Waals surface area contributed by atoms with Gasteiger partial charge in [0.15, 0.2) is 0 Å². The Bertz CT molecular complexity index is 476. The molecular weight excluding hydrogens is 248 g/mol. The lowest BCUT2D eigenvalue weighted by Crippen LogP contribution is -2.40. The Morgan fingerprint density at radius 1 is 1.53 bits per heavy atom. The Hall–Kier alpha value is -2.28. The van der Waals surface area contributed by atoms with E-state index in [9.17, 15) is 14.4 Å². The number of hydrogen-bond donors (Lipinski definition) is 2. The van der Waals surface area contributed by atoms with Crippen LogP contribution in [0.15, 0.2) is 18.3 Å². The highest BCUT2D eigenvalue weighted by Gasteiger charge is 2.21. The molecule has 3 amide bonds. The Kier molecular flexibility index (Phi) is 5.62. The number of pyridine rings is 1. The van der Waals surface area contributed by atoms with E-state index in [0.29, 0.717) is 25.2 Å². The number of carbonyl (C=O) groups is 3. The fourth-order valence-corrected chi connectivity index (χ4v) is 1.37. The van der Waals surface area contributed by atoms with Crippen LogP contribution in [-0.4, -0.2) is 41.2 Å². The molecule has 0 saturated heterocycles. The van der Waals surface area contributed by atoms with Crippen LogP contribution in [0, 0.1) is 6.92 Å². The van der Waals surface area contributed by atoms with Gasteiger partial charge in [0, 0.05) is 12.7 Å². The first kappa shape index (κ1) is 14.8. The lowest BCUT2D eigenvalue weighted by Gasteiger charge is -2.14. The molecule has 1 aromatic heterocycles. The normalized spacial score (nSPS) is 9.79. The molecule has 0 bridgehead atoms. The highest BCUT2D eigenvalue weighted by Crippen LogP contribution is 2.09. The molecule has 19 heavy (non-hydrogen) atoms. The minimum absolute atomic E-state index is 0.119. The number of nitrogens with zero attached hydrogens (tertiary/aromatic N) is 2. The van der Waals surface area contributed by atoms with Crippen molar-refractivity contribution < 1.29 is 14.4 Å². The zero-order valence-corrected chi connectivity index (χ0v) is 10.6. The van der Waals surface area contributed by atoms with E-state index >= 15 is 0 Å². The van der Waals surface area contributed by atoms with E-state index < -0.39 is 11.8 Å². The van der Waals surface area contributed by atoms with E-state index in [4.69, 9.17) is 5.73 Å². The van der Waals surface area contributed by atoms with E-state index in [1.54, 1.807) is 19.1 Å². The summed E-state index contributed by atoms with van der Waals surface area (Å²) in [6.45, 7) is 2.20. The summed E-state index contributed by atoms with van der Waals surface area (Å²) in [6.07, 6.45) is 2.27. The minimum atomic E-state index is -0.923. The van der Waals surface area contributed by atoms with E-state index in [1.165, 1.54) is 6.20 Å². The summed E-state index contributed by atoms with van der Waals surface area (Å²) in [7, 11) is 0. The summed E-state index contributed by atoms with van der Waals surface area (Å²) in [5, 5.41) is 2.37. The maximum atomic E-state index is 11.7. The van der Waals surface area contributed by atoms with Gasteiger partial charge in [-0.15, -0.1) is 0 Å². The molecule has 1 heterocycles. The standard InChI is InChI=1S/C12H16N4O3/c1-9-4-2-6-14-10(9)15-11(18)12(19)16(8-17)7-3-5-13/h2,4,6,8H,3,5,7,13H2,1H3,(H,14,15,18). The Labute approximate surface area is 110 Å². The van der Waals surface area contributed by atoms with Crippen molar-refractivity contribution in [2.75, 3.05) is 18.4 Å². The molecule has 0 aliphatic carbocycles. The number of aromatic nitrogens is 1. The topological polar surface area (TPSA) is 105 Å². The van der Waals surface area contributed by atoms with Crippen molar-refractivity contribution in [2.24, 2.45) is 5.73 Å². The van der Waals surface area contributed by atoms with Crippen LogP contribution in [0.2, 0.25) is 0 Å². The molecule has 0 fully saturated rings. The first-order chi connectivity index (χ1) is 9.10. The quantitative estimate of drug-likeness (QED) is 0.559. The van der Waals surface area contributed by atoms with Crippen LogP contribution in [0.4, 0.5) is 5.82 Å². The van der Waals surface area contributed by atoms with Crippen LogP contribution in [-0.2, 0) is 14.4 Å². The predicted octanol–water partition coefficient (Wildman–Crippen LogP) is -0.338. The van der Waals surface area contributed by atoms with Crippen molar-refractivity contribution in [3.63, 3.8) is 0 Å². The maximum absolute atomic E-state index is 11.7. The fourth-order valence-electron chi connectivity index (χ4n) is 1.37. The second-order valence-corrected chi connectivity index (χ2v) is 3.87.